The molecule has 1 aliphatic rings. The number of nitrogens with one attached hydrogen (secondary N) is 1. The fraction of sp³-hybridized carbons (Fsp3) is 0.786. The van der Waals surface area contributed by atoms with Gasteiger partial charge in [-0.2, -0.15) is 5.10 Å². The Hall–Kier alpha value is -0.540. The summed E-state index contributed by atoms with van der Waals surface area (Å²) in [6.45, 7) is 5.48. The summed E-state index contributed by atoms with van der Waals surface area (Å²) in [5, 5.41) is 8.67. The van der Waals surface area contributed by atoms with Gasteiger partial charge in [-0.15, -0.1) is 0 Å². The summed E-state index contributed by atoms with van der Waals surface area (Å²) in [5.41, 5.74) is 1.15. The molecule has 1 unspecified atom stereocenters. The number of rotatable bonds is 4. The van der Waals surface area contributed by atoms with Gasteiger partial charge in [-0.1, -0.05) is 38.3 Å². The molecular weight excluding hydrogens is 246 g/mol. The van der Waals surface area contributed by atoms with Gasteiger partial charge < -0.3 is 5.32 Å². The third-order valence-electron chi connectivity index (χ3n) is 4.19. The number of hydrogen-bond donors (Lipinski definition) is 1. The average Bonchev–Trinajstić information content (AvgIpc) is 2.68. The van der Waals surface area contributed by atoms with Crippen molar-refractivity contribution in [1.82, 2.24) is 15.1 Å². The van der Waals surface area contributed by atoms with Crippen LogP contribution in [-0.2, 0) is 7.05 Å². The quantitative estimate of drug-likeness (QED) is 0.906. The van der Waals surface area contributed by atoms with E-state index in [1.807, 2.05) is 11.7 Å². The van der Waals surface area contributed by atoms with Gasteiger partial charge in [-0.25, -0.2) is 0 Å². The Kier molecular flexibility index (Phi) is 4.68. The monoisotopic (exact) mass is 269 g/mol. The first-order chi connectivity index (χ1) is 8.63. The van der Waals surface area contributed by atoms with Gasteiger partial charge in [0.2, 0.25) is 0 Å². The highest BCUT2D eigenvalue weighted by molar-refractivity contribution is 6.31. The van der Waals surface area contributed by atoms with Gasteiger partial charge in [-0.05, 0) is 31.2 Å². The number of aromatic nitrogens is 2. The van der Waals surface area contributed by atoms with Crippen LogP contribution in [-0.4, -0.2) is 16.3 Å². The molecule has 0 amide bonds. The minimum Gasteiger partial charge on any atom is -0.309 e. The summed E-state index contributed by atoms with van der Waals surface area (Å²) in [6, 6.07) is 0.350. The highest BCUT2D eigenvalue weighted by Gasteiger charge is 2.29. The molecule has 1 aromatic heterocycles. The van der Waals surface area contributed by atoms with Crippen LogP contribution in [0.1, 0.15) is 51.3 Å². The molecule has 0 radical (unpaired) electrons. The van der Waals surface area contributed by atoms with E-state index in [4.69, 9.17) is 11.6 Å². The third-order valence-corrected chi connectivity index (χ3v) is 4.48. The SMILES string of the molecule is CCNC(c1c(Cl)cnn1C)C1CCC(C)CC1. The van der Waals surface area contributed by atoms with Crippen LogP contribution in [0, 0.1) is 11.8 Å². The van der Waals surface area contributed by atoms with Crippen molar-refractivity contribution >= 4 is 11.6 Å². The number of hydrogen-bond acceptors (Lipinski definition) is 2. The molecule has 3 nitrogen and oxygen atoms in total. The molecule has 0 saturated heterocycles. The third kappa shape index (κ3) is 2.89. The molecule has 1 N–H and O–H groups in total. The zero-order valence-corrected chi connectivity index (χ0v) is 12.4. The van der Waals surface area contributed by atoms with Gasteiger partial charge in [0.25, 0.3) is 0 Å². The van der Waals surface area contributed by atoms with Crippen LogP contribution in [0.5, 0.6) is 0 Å². The van der Waals surface area contributed by atoms with Crippen LogP contribution >= 0.6 is 11.6 Å². The molecule has 18 heavy (non-hydrogen) atoms. The van der Waals surface area contributed by atoms with E-state index in [2.05, 4.69) is 24.3 Å². The van der Waals surface area contributed by atoms with E-state index in [0.717, 1.165) is 23.2 Å². The van der Waals surface area contributed by atoms with Gasteiger partial charge in [0.05, 0.1) is 23.0 Å². The molecular formula is C14H24ClN3. The maximum absolute atomic E-state index is 6.30. The first kappa shape index (κ1) is 13.9. The lowest BCUT2D eigenvalue weighted by Crippen LogP contribution is -2.32. The Morgan fingerprint density at radius 1 is 1.44 bits per heavy atom. The van der Waals surface area contributed by atoms with Crippen LogP contribution in [0.3, 0.4) is 0 Å². The van der Waals surface area contributed by atoms with E-state index >= 15 is 0 Å². The molecule has 2 rings (SSSR count). The van der Waals surface area contributed by atoms with Gasteiger partial charge in [0, 0.05) is 7.05 Å². The van der Waals surface area contributed by atoms with Crippen molar-refractivity contribution in [2.45, 2.75) is 45.6 Å². The van der Waals surface area contributed by atoms with Gasteiger partial charge >= 0.3 is 0 Å². The lowest BCUT2D eigenvalue weighted by molar-refractivity contribution is 0.227. The molecule has 0 bridgehead atoms. The minimum atomic E-state index is 0.350. The Labute approximate surface area is 115 Å². The average molecular weight is 270 g/mol. The van der Waals surface area contributed by atoms with Crippen molar-refractivity contribution in [2.75, 3.05) is 6.54 Å². The minimum absolute atomic E-state index is 0.350. The van der Waals surface area contributed by atoms with Crippen LogP contribution in [0.4, 0.5) is 0 Å². The smallest absolute Gasteiger partial charge is 0.0834 e. The summed E-state index contributed by atoms with van der Waals surface area (Å²) in [7, 11) is 1.98. The van der Waals surface area contributed by atoms with Crippen molar-refractivity contribution in [3.05, 3.63) is 16.9 Å². The Bertz CT molecular complexity index is 361. The zero-order chi connectivity index (χ0) is 13.1. The van der Waals surface area contributed by atoms with Crippen LogP contribution < -0.4 is 5.32 Å². The topological polar surface area (TPSA) is 29.9 Å². The summed E-state index contributed by atoms with van der Waals surface area (Å²) in [4.78, 5) is 0. The van der Waals surface area contributed by atoms with Crippen molar-refractivity contribution < 1.29 is 0 Å². The lowest BCUT2D eigenvalue weighted by Gasteiger charge is -2.33. The fourth-order valence-electron chi connectivity index (χ4n) is 3.10. The predicted molar refractivity (Wildman–Crippen MR) is 75.8 cm³/mol. The van der Waals surface area contributed by atoms with E-state index in [1.165, 1.54) is 25.7 Å². The molecule has 1 atom stereocenters. The van der Waals surface area contributed by atoms with E-state index in [0.29, 0.717) is 12.0 Å². The summed E-state index contributed by atoms with van der Waals surface area (Å²) < 4.78 is 1.92. The Balaban J connectivity index is 2.18. The van der Waals surface area contributed by atoms with Crippen molar-refractivity contribution in [3.63, 3.8) is 0 Å². The first-order valence-electron chi connectivity index (χ1n) is 7.04. The number of aryl methyl sites for hydroxylation is 1. The van der Waals surface area contributed by atoms with Gasteiger partial charge in [0.15, 0.2) is 0 Å². The van der Waals surface area contributed by atoms with Crippen molar-refractivity contribution in [1.29, 1.82) is 0 Å². The molecule has 1 heterocycles. The highest BCUT2D eigenvalue weighted by atomic mass is 35.5. The van der Waals surface area contributed by atoms with Crippen LogP contribution in [0.25, 0.3) is 0 Å². The first-order valence-corrected chi connectivity index (χ1v) is 7.42. The van der Waals surface area contributed by atoms with Crippen molar-refractivity contribution in [3.8, 4) is 0 Å². The second kappa shape index (κ2) is 6.07. The maximum atomic E-state index is 6.30. The molecule has 1 aromatic rings. The largest absolute Gasteiger partial charge is 0.309 e. The highest BCUT2D eigenvalue weighted by Crippen LogP contribution is 2.38. The van der Waals surface area contributed by atoms with E-state index in [1.54, 1.807) is 6.20 Å². The van der Waals surface area contributed by atoms with Crippen LogP contribution in [0.2, 0.25) is 5.02 Å². The second-order valence-electron chi connectivity index (χ2n) is 5.56. The Morgan fingerprint density at radius 2 is 2.11 bits per heavy atom. The molecule has 1 fully saturated rings. The maximum Gasteiger partial charge on any atom is 0.0834 e. The summed E-state index contributed by atoms with van der Waals surface area (Å²) in [6.07, 6.45) is 7.01. The molecule has 4 heteroatoms. The number of halogens is 1. The Morgan fingerprint density at radius 3 is 2.61 bits per heavy atom. The van der Waals surface area contributed by atoms with E-state index in [-0.39, 0.29) is 0 Å². The molecule has 0 spiro atoms. The molecule has 0 aromatic carbocycles. The number of nitrogens with zero attached hydrogens (tertiary/aromatic N) is 2. The summed E-state index contributed by atoms with van der Waals surface area (Å²) >= 11 is 6.30. The molecule has 1 aliphatic carbocycles. The molecule has 1 saturated carbocycles. The zero-order valence-electron chi connectivity index (χ0n) is 11.6. The second-order valence-corrected chi connectivity index (χ2v) is 5.96. The fourth-order valence-corrected chi connectivity index (χ4v) is 3.38. The normalized spacial score (nSPS) is 26.2. The predicted octanol–water partition coefficient (Wildman–Crippen LogP) is 3.55. The van der Waals surface area contributed by atoms with E-state index in [9.17, 15) is 0 Å². The van der Waals surface area contributed by atoms with Gasteiger partial charge in [-0.3, -0.25) is 4.68 Å². The van der Waals surface area contributed by atoms with Crippen molar-refractivity contribution in [2.24, 2.45) is 18.9 Å². The summed E-state index contributed by atoms with van der Waals surface area (Å²) in [5.74, 6) is 1.57. The lowest BCUT2D eigenvalue weighted by atomic mass is 9.78. The van der Waals surface area contributed by atoms with E-state index < -0.39 is 0 Å². The van der Waals surface area contributed by atoms with Crippen LogP contribution in [0.15, 0.2) is 6.20 Å². The molecule has 102 valence electrons. The van der Waals surface area contributed by atoms with Gasteiger partial charge in [0.1, 0.15) is 0 Å². The molecule has 0 aliphatic heterocycles. The standard InChI is InChI=1S/C14H24ClN3/c1-4-16-13(11-7-5-10(2)6-8-11)14-12(15)9-17-18(14)3/h9-11,13,16H,4-8H2,1-3H3.